The zero-order valence-electron chi connectivity index (χ0n) is 15.9. The fourth-order valence-electron chi connectivity index (χ4n) is 6.15. The third kappa shape index (κ3) is 2.71. The Morgan fingerprint density at radius 2 is 2.04 bits per heavy atom. The standard InChI is InChI=1S/C22H32O3/c1-4-14-11-18-15(12-20(14)25-13-24-3)5-6-17-16(18)9-10-22(2)19(17)7-8-21(22)23/h11-12,16-17,19,21,23H,4-10,13H2,1-3H3/t16?,17?,19?,21-,22-/m0/s1. The Bertz CT molecular complexity index is 640. The van der Waals surface area contributed by atoms with Crippen LogP contribution in [0.2, 0.25) is 0 Å². The van der Waals surface area contributed by atoms with Crippen molar-refractivity contribution in [2.45, 2.75) is 70.8 Å². The van der Waals surface area contributed by atoms with E-state index in [1.165, 1.54) is 36.8 Å². The zero-order chi connectivity index (χ0) is 17.6. The van der Waals surface area contributed by atoms with Crippen molar-refractivity contribution in [3.05, 3.63) is 28.8 Å². The lowest BCUT2D eigenvalue weighted by Crippen LogP contribution is -2.43. The predicted molar refractivity (Wildman–Crippen MR) is 98.9 cm³/mol. The molecule has 0 spiro atoms. The van der Waals surface area contributed by atoms with Gasteiger partial charge in [0.25, 0.3) is 0 Å². The van der Waals surface area contributed by atoms with Crippen molar-refractivity contribution < 1.29 is 14.6 Å². The zero-order valence-corrected chi connectivity index (χ0v) is 15.9. The molecule has 1 aromatic rings. The molecule has 3 unspecified atom stereocenters. The van der Waals surface area contributed by atoms with E-state index in [4.69, 9.17) is 9.47 Å². The SMILES string of the molecule is CCc1cc2c(cc1OCOC)CCC1C2CC[C@@]2(C)C1CC[C@@H]2O. The lowest BCUT2D eigenvalue weighted by atomic mass is 9.55. The maximum atomic E-state index is 10.5. The second-order valence-electron chi connectivity index (χ2n) is 8.62. The van der Waals surface area contributed by atoms with Crippen molar-refractivity contribution >= 4 is 0 Å². The van der Waals surface area contributed by atoms with Crippen molar-refractivity contribution in [2.24, 2.45) is 17.3 Å². The molecule has 2 saturated carbocycles. The highest BCUT2D eigenvalue weighted by Gasteiger charge is 2.54. The number of aliphatic hydroxyl groups excluding tert-OH is 1. The monoisotopic (exact) mass is 344 g/mol. The van der Waals surface area contributed by atoms with Crippen LogP contribution in [0.3, 0.4) is 0 Å². The summed E-state index contributed by atoms with van der Waals surface area (Å²) in [6.07, 6.45) is 7.92. The predicted octanol–water partition coefficient (Wildman–Crippen LogP) is 4.45. The van der Waals surface area contributed by atoms with Gasteiger partial charge in [-0.1, -0.05) is 19.9 Å². The highest BCUT2D eigenvalue weighted by atomic mass is 16.7. The van der Waals surface area contributed by atoms with Gasteiger partial charge in [0, 0.05) is 7.11 Å². The molecule has 4 rings (SSSR count). The van der Waals surface area contributed by atoms with Crippen LogP contribution in [0.1, 0.15) is 68.6 Å². The highest BCUT2D eigenvalue weighted by Crippen LogP contribution is 2.61. The Labute approximate surface area is 151 Å². The van der Waals surface area contributed by atoms with E-state index in [1.807, 2.05) is 0 Å². The molecule has 2 fully saturated rings. The number of benzene rings is 1. The molecular formula is C22H32O3. The minimum atomic E-state index is -0.0872. The summed E-state index contributed by atoms with van der Waals surface area (Å²) in [5, 5.41) is 10.5. The van der Waals surface area contributed by atoms with Gasteiger partial charge in [-0.05, 0) is 90.9 Å². The summed E-state index contributed by atoms with van der Waals surface area (Å²) >= 11 is 0. The molecule has 0 heterocycles. The average molecular weight is 344 g/mol. The number of rotatable bonds is 4. The van der Waals surface area contributed by atoms with Gasteiger partial charge in [0.2, 0.25) is 0 Å². The Kier molecular flexibility index (Phi) is 4.57. The van der Waals surface area contributed by atoms with E-state index in [-0.39, 0.29) is 11.5 Å². The summed E-state index contributed by atoms with van der Waals surface area (Å²) in [5.74, 6) is 3.12. The van der Waals surface area contributed by atoms with Crippen LogP contribution in [-0.4, -0.2) is 25.1 Å². The van der Waals surface area contributed by atoms with Crippen molar-refractivity contribution in [2.75, 3.05) is 13.9 Å². The molecule has 25 heavy (non-hydrogen) atoms. The van der Waals surface area contributed by atoms with E-state index in [2.05, 4.69) is 26.0 Å². The minimum Gasteiger partial charge on any atom is -0.467 e. The average Bonchev–Trinajstić information content (AvgIpc) is 2.94. The molecule has 1 N–H and O–H groups in total. The second kappa shape index (κ2) is 6.59. The Morgan fingerprint density at radius 3 is 2.80 bits per heavy atom. The molecule has 3 aliphatic rings. The van der Waals surface area contributed by atoms with Gasteiger partial charge in [0.15, 0.2) is 6.79 Å². The van der Waals surface area contributed by atoms with Crippen LogP contribution in [-0.2, 0) is 17.6 Å². The van der Waals surface area contributed by atoms with Gasteiger partial charge in [-0.25, -0.2) is 0 Å². The molecule has 5 atom stereocenters. The summed E-state index contributed by atoms with van der Waals surface area (Å²) in [6.45, 7) is 4.86. The second-order valence-corrected chi connectivity index (χ2v) is 8.62. The summed E-state index contributed by atoms with van der Waals surface area (Å²) in [4.78, 5) is 0. The quantitative estimate of drug-likeness (QED) is 0.820. The van der Waals surface area contributed by atoms with Gasteiger partial charge in [-0.15, -0.1) is 0 Å². The molecule has 3 heteroatoms. The van der Waals surface area contributed by atoms with E-state index < -0.39 is 0 Å². The van der Waals surface area contributed by atoms with Gasteiger partial charge in [-0.3, -0.25) is 0 Å². The number of hydrogen-bond donors (Lipinski definition) is 1. The van der Waals surface area contributed by atoms with E-state index in [0.717, 1.165) is 30.9 Å². The molecule has 3 aliphatic carbocycles. The molecule has 0 aliphatic heterocycles. The van der Waals surface area contributed by atoms with Crippen molar-refractivity contribution in [3.8, 4) is 5.75 Å². The van der Waals surface area contributed by atoms with Crippen LogP contribution >= 0.6 is 0 Å². The number of aliphatic hydroxyl groups is 1. The normalized spacial score (nSPS) is 36.5. The third-order valence-electron chi connectivity index (χ3n) is 7.57. The largest absolute Gasteiger partial charge is 0.467 e. The smallest absolute Gasteiger partial charge is 0.188 e. The van der Waals surface area contributed by atoms with Crippen molar-refractivity contribution in [1.82, 2.24) is 0 Å². The highest BCUT2D eigenvalue weighted by molar-refractivity contribution is 5.46. The fraction of sp³-hybridized carbons (Fsp3) is 0.727. The van der Waals surface area contributed by atoms with Crippen LogP contribution in [0, 0.1) is 17.3 Å². The van der Waals surface area contributed by atoms with Crippen molar-refractivity contribution in [3.63, 3.8) is 0 Å². The number of hydrogen-bond acceptors (Lipinski definition) is 3. The van der Waals surface area contributed by atoms with Gasteiger partial charge in [0.05, 0.1) is 6.10 Å². The molecule has 0 amide bonds. The lowest BCUT2D eigenvalue weighted by molar-refractivity contribution is -0.0226. The lowest BCUT2D eigenvalue weighted by Gasteiger charge is -2.50. The maximum absolute atomic E-state index is 10.5. The van der Waals surface area contributed by atoms with Gasteiger partial charge >= 0.3 is 0 Å². The summed E-state index contributed by atoms with van der Waals surface area (Å²) < 4.78 is 10.9. The molecule has 3 nitrogen and oxygen atoms in total. The first-order chi connectivity index (χ1) is 12.1. The van der Waals surface area contributed by atoms with E-state index in [1.54, 1.807) is 12.7 Å². The molecule has 1 aromatic carbocycles. The molecule has 0 aromatic heterocycles. The number of methoxy groups -OCH3 is 1. The van der Waals surface area contributed by atoms with E-state index in [9.17, 15) is 5.11 Å². The number of ether oxygens (including phenoxy) is 2. The molecule has 0 radical (unpaired) electrons. The van der Waals surface area contributed by atoms with Crippen LogP contribution in [0.5, 0.6) is 5.75 Å². The number of aryl methyl sites for hydroxylation is 2. The Morgan fingerprint density at radius 1 is 1.20 bits per heavy atom. The topological polar surface area (TPSA) is 38.7 Å². The van der Waals surface area contributed by atoms with Crippen molar-refractivity contribution in [1.29, 1.82) is 0 Å². The molecule has 138 valence electrons. The van der Waals surface area contributed by atoms with E-state index >= 15 is 0 Å². The summed E-state index contributed by atoms with van der Waals surface area (Å²) in [7, 11) is 1.67. The third-order valence-corrected chi connectivity index (χ3v) is 7.57. The molecule has 0 saturated heterocycles. The number of fused-ring (bicyclic) bond motifs is 5. The van der Waals surface area contributed by atoms with Gasteiger partial charge < -0.3 is 14.6 Å². The Hall–Kier alpha value is -1.06. The van der Waals surface area contributed by atoms with E-state index in [0.29, 0.717) is 18.6 Å². The maximum Gasteiger partial charge on any atom is 0.188 e. The fourth-order valence-corrected chi connectivity index (χ4v) is 6.15. The Balaban J connectivity index is 1.66. The first kappa shape index (κ1) is 17.4. The van der Waals surface area contributed by atoms with Crippen LogP contribution in [0.15, 0.2) is 12.1 Å². The first-order valence-corrected chi connectivity index (χ1v) is 10.0. The van der Waals surface area contributed by atoms with Gasteiger partial charge in [-0.2, -0.15) is 0 Å². The molecular weight excluding hydrogens is 312 g/mol. The summed E-state index contributed by atoms with van der Waals surface area (Å²) in [5.41, 5.74) is 4.51. The molecule has 0 bridgehead atoms. The van der Waals surface area contributed by atoms with Crippen LogP contribution in [0.25, 0.3) is 0 Å². The minimum absolute atomic E-state index is 0.0872. The summed E-state index contributed by atoms with van der Waals surface area (Å²) in [6, 6.07) is 4.70. The van der Waals surface area contributed by atoms with Gasteiger partial charge in [0.1, 0.15) is 5.75 Å². The first-order valence-electron chi connectivity index (χ1n) is 10.0. The van der Waals surface area contributed by atoms with Crippen LogP contribution < -0.4 is 4.74 Å². The van der Waals surface area contributed by atoms with Crippen LogP contribution in [0.4, 0.5) is 0 Å².